The highest BCUT2D eigenvalue weighted by molar-refractivity contribution is 5.46. The third kappa shape index (κ3) is 2.68. The number of nitrogens with zero attached hydrogens (tertiary/aromatic N) is 2. The van der Waals surface area contributed by atoms with Crippen LogP contribution in [0.15, 0.2) is 24.3 Å². The summed E-state index contributed by atoms with van der Waals surface area (Å²) in [6.45, 7) is 6.64. The molecule has 2 N–H and O–H groups in total. The van der Waals surface area contributed by atoms with Crippen molar-refractivity contribution in [1.82, 2.24) is 4.90 Å². The Kier molecular flexibility index (Phi) is 3.93. The summed E-state index contributed by atoms with van der Waals surface area (Å²) in [6.07, 6.45) is 0. The van der Waals surface area contributed by atoms with Crippen LogP contribution in [-0.4, -0.2) is 38.1 Å². The number of hydrogen-bond donors (Lipinski definition) is 1. The van der Waals surface area contributed by atoms with E-state index in [1.807, 2.05) is 0 Å². The molecule has 1 heterocycles. The first-order valence-electron chi connectivity index (χ1n) is 6.76. The van der Waals surface area contributed by atoms with E-state index >= 15 is 0 Å². The SMILES string of the molecule is CC1CN(C(C)c2ccc(N(C)C)cc2)CC1N. The van der Waals surface area contributed by atoms with Crippen LogP contribution >= 0.6 is 0 Å². The summed E-state index contributed by atoms with van der Waals surface area (Å²) in [5, 5.41) is 0. The Hall–Kier alpha value is -1.06. The van der Waals surface area contributed by atoms with E-state index in [1.165, 1.54) is 11.3 Å². The molecule has 1 fully saturated rings. The van der Waals surface area contributed by atoms with Crippen molar-refractivity contribution in [3.63, 3.8) is 0 Å². The second-order valence-corrected chi connectivity index (χ2v) is 5.76. The Morgan fingerprint density at radius 1 is 1.22 bits per heavy atom. The van der Waals surface area contributed by atoms with Crippen molar-refractivity contribution in [3.05, 3.63) is 29.8 Å². The Bertz CT molecular complexity index is 375. The fourth-order valence-corrected chi connectivity index (χ4v) is 2.61. The first-order valence-corrected chi connectivity index (χ1v) is 6.76. The number of rotatable bonds is 3. The average molecular weight is 247 g/mol. The first-order chi connectivity index (χ1) is 8.49. The Labute approximate surface area is 111 Å². The van der Waals surface area contributed by atoms with E-state index in [9.17, 15) is 0 Å². The van der Waals surface area contributed by atoms with Crippen LogP contribution in [0.1, 0.15) is 25.5 Å². The molecule has 0 spiro atoms. The van der Waals surface area contributed by atoms with Gasteiger partial charge in [-0.1, -0.05) is 19.1 Å². The molecule has 0 radical (unpaired) electrons. The maximum atomic E-state index is 6.10. The first kappa shape index (κ1) is 13.4. The van der Waals surface area contributed by atoms with E-state index in [2.05, 4.69) is 62.0 Å². The molecule has 18 heavy (non-hydrogen) atoms. The molecule has 1 aromatic carbocycles. The van der Waals surface area contributed by atoms with E-state index in [0.717, 1.165) is 13.1 Å². The summed E-state index contributed by atoms with van der Waals surface area (Å²) in [4.78, 5) is 4.61. The van der Waals surface area contributed by atoms with Gasteiger partial charge in [0.15, 0.2) is 0 Å². The van der Waals surface area contributed by atoms with Crippen LogP contribution in [0, 0.1) is 5.92 Å². The minimum atomic E-state index is 0.327. The van der Waals surface area contributed by atoms with Gasteiger partial charge in [-0.05, 0) is 30.5 Å². The fraction of sp³-hybridized carbons (Fsp3) is 0.600. The van der Waals surface area contributed by atoms with Crippen LogP contribution in [0.5, 0.6) is 0 Å². The van der Waals surface area contributed by atoms with Crippen LogP contribution < -0.4 is 10.6 Å². The summed E-state index contributed by atoms with van der Waals surface area (Å²) in [5.74, 6) is 0.605. The standard InChI is InChI=1S/C15H25N3/c1-11-9-18(10-15(11)16)12(2)13-5-7-14(8-6-13)17(3)4/h5-8,11-12,15H,9-10,16H2,1-4H3. The van der Waals surface area contributed by atoms with Crippen molar-refractivity contribution >= 4 is 5.69 Å². The highest BCUT2D eigenvalue weighted by atomic mass is 15.2. The molecule has 1 saturated heterocycles. The molecule has 1 aliphatic heterocycles. The van der Waals surface area contributed by atoms with Gasteiger partial charge in [-0.3, -0.25) is 4.90 Å². The molecule has 3 nitrogen and oxygen atoms in total. The molecule has 0 aliphatic carbocycles. The molecule has 100 valence electrons. The topological polar surface area (TPSA) is 32.5 Å². The lowest BCUT2D eigenvalue weighted by atomic mass is 10.1. The van der Waals surface area contributed by atoms with Crippen LogP contribution in [0.2, 0.25) is 0 Å². The molecular formula is C15H25N3. The van der Waals surface area contributed by atoms with Gasteiger partial charge < -0.3 is 10.6 Å². The van der Waals surface area contributed by atoms with Gasteiger partial charge in [0.05, 0.1) is 0 Å². The lowest BCUT2D eigenvalue weighted by Crippen LogP contribution is -2.29. The quantitative estimate of drug-likeness (QED) is 0.888. The van der Waals surface area contributed by atoms with Crippen molar-refractivity contribution in [2.24, 2.45) is 11.7 Å². The summed E-state index contributed by atoms with van der Waals surface area (Å²) < 4.78 is 0. The van der Waals surface area contributed by atoms with Crippen LogP contribution in [0.4, 0.5) is 5.69 Å². The van der Waals surface area contributed by atoms with Gasteiger partial charge in [-0.2, -0.15) is 0 Å². The van der Waals surface area contributed by atoms with Gasteiger partial charge in [-0.25, -0.2) is 0 Å². The van der Waals surface area contributed by atoms with E-state index < -0.39 is 0 Å². The van der Waals surface area contributed by atoms with Crippen LogP contribution in [0.3, 0.4) is 0 Å². The molecule has 2 rings (SSSR count). The lowest BCUT2D eigenvalue weighted by Gasteiger charge is -2.25. The van der Waals surface area contributed by atoms with Gasteiger partial charge >= 0.3 is 0 Å². The van der Waals surface area contributed by atoms with Crippen molar-refractivity contribution in [2.45, 2.75) is 25.9 Å². The third-order valence-corrected chi connectivity index (χ3v) is 4.14. The minimum absolute atomic E-state index is 0.327. The Balaban J connectivity index is 2.07. The van der Waals surface area contributed by atoms with Crippen molar-refractivity contribution in [1.29, 1.82) is 0 Å². The number of hydrogen-bond acceptors (Lipinski definition) is 3. The highest BCUT2D eigenvalue weighted by Crippen LogP contribution is 2.27. The van der Waals surface area contributed by atoms with Gasteiger partial charge in [0.1, 0.15) is 0 Å². The van der Waals surface area contributed by atoms with Crippen molar-refractivity contribution in [3.8, 4) is 0 Å². The van der Waals surface area contributed by atoms with Crippen molar-refractivity contribution in [2.75, 3.05) is 32.1 Å². The van der Waals surface area contributed by atoms with E-state index in [0.29, 0.717) is 18.0 Å². The lowest BCUT2D eigenvalue weighted by molar-refractivity contribution is 0.253. The maximum Gasteiger partial charge on any atom is 0.0361 e. The molecule has 1 aromatic rings. The number of likely N-dealkylation sites (tertiary alicyclic amines) is 1. The summed E-state index contributed by atoms with van der Waals surface area (Å²) in [6, 6.07) is 9.62. The summed E-state index contributed by atoms with van der Waals surface area (Å²) in [7, 11) is 4.14. The predicted molar refractivity (Wildman–Crippen MR) is 77.9 cm³/mol. The normalized spacial score (nSPS) is 26.3. The zero-order chi connectivity index (χ0) is 13.3. The molecule has 0 aromatic heterocycles. The number of nitrogens with two attached hydrogens (primary N) is 1. The molecule has 0 bridgehead atoms. The van der Waals surface area contributed by atoms with Crippen LogP contribution in [-0.2, 0) is 0 Å². The van der Waals surface area contributed by atoms with E-state index in [1.54, 1.807) is 0 Å². The molecule has 0 saturated carbocycles. The Morgan fingerprint density at radius 2 is 1.83 bits per heavy atom. The second kappa shape index (κ2) is 5.29. The van der Waals surface area contributed by atoms with Gasteiger partial charge in [0.2, 0.25) is 0 Å². The molecular weight excluding hydrogens is 222 g/mol. The number of benzene rings is 1. The zero-order valence-corrected chi connectivity index (χ0v) is 11.9. The summed E-state index contributed by atoms with van der Waals surface area (Å²) in [5.41, 5.74) is 8.72. The highest BCUT2D eigenvalue weighted by Gasteiger charge is 2.29. The van der Waals surface area contributed by atoms with Crippen molar-refractivity contribution < 1.29 is 0 Å². The fourth-order valence-electron chi connectivity index (χ4n) is 2.61. The van der Waals surface area contributed by atoms with Gasteiger partial charge in [0.25, 0.3) is 0 Å². The van der Waals surface area contributed by atoms with Crippen LogP contribution in [0.25, 0.3) is 0 Å². The van der Waals surface area contributed by atoms with Gasteiger partial charge in [-0.15, -0.1) is 0 Å². The molecule has 0 amide bonds. The summed E-state index contributed by atoms with van der Waals surface area (Å²) >= 11 is 0. The minimum Gasteiger partial charge on any atom is -0.378 e. The van der Waals surface area contributed by atoms with Gasteiger partial charge in [0, 0.05) is 45.0 Å². The predicted octanol–water partition coefficient (Wildman–Crippen LogP) is 2.09. The largest absolute Gasteiger partial charge is 0.378 e. The molecule has 3 heteroatoms. The molecule has 3 unspecified atom stereocenters. The zero-order valence-electron chi connectivity index (χ0n) is 11.9. The average Bonchev–Trinajstić information content (AvgIpc) is 2.69. The van der Waals surface area contributed by atoms with E-state index in [-0.39, 0.29) is 0 Å². The van der Waals surface area contributed by atoms with E-state index in [4.69, 9.17) is 5.73 Å². The maximum absolute atomic E-state index is 6.10. The molecule has 1 aliphatic rings. The molecule has 3 atom stereocenters. The second-order valence-electron chi connectivity index (χ2n) is 5.76. The third-order valence-electron chi connectivity index (χ3n) is 4.14. The smallest absolute Gasteiger partial charge is 0.0361 e. The number of anilines is 1. The monoisotopic (exact) mass is 247 g/mol. The Morgan fingerprint density at radius 3 is 2.28 bits per heavy atom.